The van der Waals surface area contributed by atoms with Crippen molar-refractivity contribution < 1.29 is 18.9 Å². The lowest BCUT2D eigenvalue weighted by atomic mass is 9.74. The van der Waals surface area contributed by atoms with Gasteiger partial charge in [-0.2, -0.15) is 0 Å². The third kappa shape index (κ3) is 6.69. The van der Waals surface area contributed by atoms with Crippen molar-refractivity contribution in [1.29, 1.82) is 0 Å². The minimum Gasteiger partial charge on any atom is -0.378 e. The van der Waals surface area contributed by atoms with Crippen molar-refractivity contribution in [2.45, 2.75) is 91.8 Å². The van der Waals surface area contributed by atoms with Crippen LogP contribution in [0.5, 0.6) is 0 Å². The maximum Gasteiger partial charge on any atom is 0.108 e. The summed E-state index contributed by atoms with van der Waals surface area (Å²) in [6.45, 7) is 20.2. The maximum absolute atomic E-state index is 6.32. The van der Waals surface area contributed by atoms with E-state index in [2.05, 4.69) is 62.3 Å². The van der Waals surface area contributed by atoms with E-state index < -0.39 is 0 Å². The zero-order valence-electron chi connectivity index (χ0n) is 16.9. The molecule has 0 bridgehead atoms. The lowest BCUT2D eigenvalue weighted by Crippen LogP contribution is -2.42. The van der Waals surface area contributed by atoms with E-state index in [9.17, 15) is 0 Å². The summed E-state index contributed by atoms with van der Waals surface area (Å²) >= 11 is 0. The third-order valence-corrected chi connectivity index (χ3v) is 4.10. The molecular formula is C19H38O4. The highest BCUT2D eigenvalue weighted by atomic mass is 16.6. The predicted octanol–water partition coefficient (Wildman–Crippen LogP) is 4.06. The fraction of sp³-hybridized carbons (Fsp3) is 1.00. The van der Waals surface area contributed by atoms with Crippen LogP contribution in [0.25, 0.3) is 0 Å². The van der Waals surface area contributed by atoms with Gasteiger partial charge in [-0.25, -0.2) is 0 Å². The van der Waals surface area contributed by atoms with Gasteiger partial charge < -0.3 is 18.9 Å². The molecule has 4 heteroatoms. The first kappa shape index (κ1) is 20.9. The topological polar surface area (TPSA) is 36.9 Å². The van der Waals surface area contributed by atoms with Gasteiger partial charge in [0.05, 0.1) is 36.6 Å². The van der Waals surface area contributed by atoms with Crippen molar-refractivity contribution in [3.05, 3.63) is 0 Å². The normalized spacial score (nSPS) is 30.0. The van der Waals surface area contributed by atoms with E-state index in [4.69, 9.17) is 18.9 Å². The SMILES string of the molecule is COC1C(COC(C)(C)C)OC(COC(C)(C)C)C1C(C)(C)C. The molecule has 0 radical (unpaired) electrons. The van der Waals surface area contributed by atoms with Crippen LogP contribution in [0.3, 0.4) is 0 Å². The van der Waals surface area contributed by atoms with Crippen molar-refractivity contribution in [1.82, 2.24) is 0 Å². The largest absolute Gasteiger partial charge is 0.378 e. The van der Waals surface area contributed by atoms with E-state index in [1.807, 2.05) is 0 Å². The highest BCUT2D eigenvalue weighted by Gasteiger charge is 2.50. The van der Waals surface area contributed by atoms with E-state index in [1.165, 1.54) is 0 Å². The van der Waals surface area contributed by atoms with Gasteiger partial charge in [-0.05, 0) is 47.0 Å². The van der Waals surface area contributed by atoms with E-state index >= 15 is 0 Å². The summed E-state index contributed by atoms with van der Waals surface area (Å²) in [6.07, 6.45) is -0.0179. The second kappa shape index (κ2) is 7.38. The molecule has 0 aliphatic carbocycles. The second-order valence-electron chi connectivity index (χ2n) is 9.65. The summed E-state index contributed by atoms with van der Waals surface area (Å²) in [7, 11) is 1.77. The van der Waals surface area contributed by atoms with E-state index in [1.54, 1.807) is 7.11 Å². The van der Waals surface area contributed by atoms with Crippen molar-refractivity contribution in [2.75, 3.05) is 20.3 Å². The maximum atomic E-state index is 6.32. The number of ether oxygens (including phenoxy) is 4. The Hall–Kier alpha value is -0.160. The summed E-state index contributed by atoms with van der Waals surface area (Å²) in [5, 5.41) is 0. The molecule has 1 aliphatic rings. The molecule has 0 aromatic heterocycles. The van der Waals surface area contributed by atoms with Gasteiger partial charge in [0.1, 0.15) is 6.10 Å². The van der Waals surface area contributed by atoms with Gasteiger partial charge in [0, 0.05) is 13.0 Å². The smallest absolute Gasteiger partial charge is 0.108 e. The Labute approximate surface area is 143 Å². The highest BCUT2D eigenvalue weighted by molar-refractivity contribution is 4.97. The van der Waals surface area contributed by atoms with Crippen LogP contribution < -0.4 is 0 Å². The molecule has 0 N–H and O–H groups in total. The molecule has 0 saturated carbocycles. The van der Waals surface area contributed by atoms with Crippen LogP contribution in [-0.4, -0.2) is 49.8 Å². The molecule has 0 amide bonds. The van der Waals surface area contributed by atoms with Crippen LogP contribution in [0, 0.1) is 11.3 Å². The lowest BCUT2D eigenvalue weighted by molar-refractivity contribution is -0.114. The average molecular weight is 331 g/mol. The first-order valence-electron chi connectivity index (χ1n) is 8.71. The molecule has 0 aromatic rings. The molecule has 1 aliphatic heterocycles. The monoisotopic (exact) mass is 330 g/mol. The van der Waals surface area contributed by atoms with Crippen LogP contribution in [0.1, 0.15) is 62.3 Å². The Morgan fingerprint density at radius 2 is 1.17 bits per heavy atom. The Morgan fingerprint density at radius 3 is 1.52 bits per heavy atom. The molecule has 1 rings (SSSR count). The molecule has 4 nitrogen and oxygen atoms in total. The molecule has 4 unspecified atom stereocenters. The number of rotatable bonds is 5. The lowest BCUT2D eigenvalue weighted by Gasteiger charge is -2.35. The van der Waals surface area contributed by atoms with Gasteiger partial charge in [0.25, 0.3) is 0 Å². The molecule has 1 heterocycles. The highest BCUT2D eigenvalue weighted by Crippen LogP contribution is 2.42. The zero-order valence-corrected chi connectivity index (χ0v) is 16.9. The minimum absolute atomic E-state index is 0.0194. The molecular weight excluding hydrogens is 292 g/mol. The third-order valence-electron chi connectivity index (χ3n) is 4.10. The Bertz CT molecular complexity index is 359. The fourth-order valence-electron chi connectivity index (χ4n) is 3.12. The van der Waals surface area contributed by atoms with Gasteiger partial charge in [0.2, 0.25) is 0 Å². The molecule has 23 heavy (non-hydrogen) atoms. The standard InChI is InChI=1S/C19H38O4/c1-17(2,3)15-13(11-21-18(4,5)6)23-14(16(15)20-10)12-22-19(7,8)9/h13-16H,11-12H2,1-10H3. The first-order chi connectivity index (χ1) is 10.2. The van der Waals surface area contributed by atoms with Crippen molar-refractivity contribution in [3.8, 4) is 0 Å². The van der Waals surface area contributed by atoms with Gasteiger partial charge in [0.15, 0.2) is 0 Å². The second-order valence-corrected chi connectivity index (χ2v) is 9.65. The van der Waals surface area contributed by atoms with Crippen molar-refractivity contribution >= 4 is 0 Å². The van der Waals surface area contributed by atoms with Gasteiger partial charge in [-0.3, -0.25) is 0 Å². The molecule has 1 saturated heterocycles. The van der Waals surface area contributed by atoms with Crippen LogP contribution in [0.2, 0.25) is 0 Å². The van der Waals surface area contributed by atoms with Gasteiger partial charge in [-0.15, -0.1) is 0 Å². The molecule has 138 valence electrons. The summed E-state index contributed by atoms with van der Waals surface area (Å²) in [5.41, 5.74) is -0.281. The zero-order chi connectivity index (χ0) is 18.1. The molecule has 0 spiro atoms. The molecule has 1 fully saturated rings. The van der Waals surface area contributed by atoms with Gasteiger partial charge >= 0.3 is 0 Å². The summed E-state index contributed by atoms with van der Waals surface area (Å²) < 4.78 is 24.1. The van der Waals surface area contributed by atoms with E-state index in [0.717, 1.165) is 0 Å². The average Bonchev–Trinajstić information content (AvgIpc) is 2.69. The minimum atomic E-state index is -0.182. The van der Waals surface area contributed by atoms with Gasteiger partial charge in [-0.1, -0.05) is 20.8 Å². The van der Waals surface area contributed by atoms with Crippen molar-refractivity contribution in [3.63, 3.8) is 0 Å². The van der Waals surface area contributed by atoms with Crippen LogP contribution in [0.15, 0.2) is 0 Å². The number of hydrogen-bond donors (Lipinski definition) is 0. The fourth-order valence-corrected chi connectivity index (χ4v) is 3.12. The molecule has 4 atom stereocenters. The van der Waals surface area contributed by atoms with Crippen LogP contribution in [-0.2, 0) is 18.9 Å². The summed E-state index contributed by atoms with van der Waals surface area (Å²) in [4.78, 5) is 0. The molecule has 0 aromatic carbocycles. The summed E-state index contributed by atoms with van der Waals surface area (Å²) in [5.74, 6) is 0.267. The first-order valence-corrected chi connectivity index (χ1v) is 8.71. The Balaban J connectivity index is 2.87. The number of methoxy groups -OCH3 is 1. The van der Waals surface area contributed by atoms with E-state index in [-0.39, 0.29) is 40.8 Å². The van der Waals surface area contributed by atoms with Crippen molar-refractivity contribution in [2.24, 2.45) is 11.3 Å². The summed E-state index contributed by atoms with van der Waals surface area (Å²) in [6, 6.07) is 0. The van der Waals surface area contributed by atoms with Crippen LogP contribution >= 0.6 is 0 Å². The quantitative estimate of drug-likeness (QED) is 0.762. The van der Waals surface area contributed by atoms with Crippen LogP contribution in [0.4, 0.5) is 0 Å². The van der Waals surface area contributed by atoms with E-state index in [0.29, 0.717) is 13.2 Å². The Morgan fingerprint density at radius 1 is 0.739 bits per heavy atom. The number of hydrogen-bond acceptors (Lipinski definition) is 4. The predicted molar refractivity (Wildman–Crippen MR) is 93.8 cm³/mol. The Kier molecular flexibility index (Phi) is 6.70.